The molecule has 5 nitrogen and oxygen atoms in total. The lowest BCUT2D eigenvalue weighted by molar-refractivity contribution is 0.430. The Labute approximate surface area is 93.5 Å². The third kappa shape index (κ3) is 1.44. The highest BCUT2D eigenvalue weighted by atomic mass is 15.6. The number of anilines is 1. The van der Waals surface area contributed by atoms with Crippen LogP contribution in [0.1, 0.15) is 24.9 Å². The number of tetrazole rings is 1. The summed E-state index contributed by atoms with van der Waals surface area (Å²) in [6, 6.07) is 11.0. The van der Waals surface area contributed by atoms with Gasteiger partial charge in [-0.3, -0.25) is 0 Å². The van der Waals surface area contributed by atoms with E-state index in [9.17, 15) is 0 Å². The topological polar surface area (TPSA) is 55.6 Å². The van der Waals surface area contributed by atoms with Crippen molar-refractivity contribution in [3.63, 3.8) is 0 Å². The number of hydrogen-bond acceptors (Lipinski definition) is 4. The number of benzene rings is 1. The van der Waals surface area contributed by atoms with Gasteiger partial charge in [0.05, 0.1) is 6.04 Å². The second-order valence-electron chi connectivity index (χ2n) is 4.15. The fraction of sp³-hybridized carbons (Fsp3) is 0.364. The molecule has 3 rings (SSSR count). The molecule has 1 N–H and O–H groups in total. The second kappa shape index (κ2) is 3.59. The number of nitrogens with one attached hydrogen (secondary N) is 1. The Morgan fingerprint density at radius 3 is 2.94 bits per heavy atom. The molecule has 0 unspecified atom stereocenters. The van der Waals surface area contributed by atoms with Gasteiger partial charge in [-0.2, -0.15) is 0 Å². The molecule has 2 heterocycles. The van der Waals surface area contributed by atoms with Crippen LogP contribution in [0, 0.1) is 0 Å². The van der Waals surface area contributed by atoms with Gasteiger partial charge >= 0.3 is 0 Å². The molecule has 1 aromatic heterocycles. The van der Waals surface area contributed by atoms with E-state index < -0.39 is 0 Å². The van der Waals surface area contributed by atoms with Crippen molar-refractivity contribution in [3.05, 3.63) is 35.9 Å². The van der Waals surface area contributed by atoms with E-state index in [4.69, 9.17) is 0 Å². The molecular weight excluding hydrogens is 202 g/mol. The predicted octanol–water partition coefficient (Wildman–Crippen LogP) is 1.47. The van der Waals surface area contributed by atoms with Crippen molar-refractivity contribution < 1.29 is 0 Å². The van der Waals surface area contributed by atoms with Crippen LogP contribution < -0.4 is 5.32 Å². The number of hydrogen-bond donors (Lipinski definition) is 1. The molecule has 5 heteroatoms. The van der Waals surface area contributed by atoms with Gasteiger partial charge in [-0.1, -0.05) is 35.4 Å². The molecular formula is C11H13N5. The number of rotatable bonds is 1. The van der Waals surface area contributed by atoms with E-state index in [1.54, 1.807) is 0 Å². The molecule has 0 spiro atoms. The van der Waals surface area contributed by atoms with Crippen LogP contribution in [0.5, 0.6) is 0 Å². The minimum absolute atomic E-state index is 0.238. The van der Waals surface area contributed by atoms with Crippen LogP contribution >= 0.6 is 0 Å². The monoisotopic (exact) mass is 215 g/mol. The summed E-state index contributed by atoms with van der Waals surface area (Å²) >= 11 is 0. The van der Waals surface area contributed by atoms with Gasteiger partial charge in [0.25, 0.3) is 0 Å². The first-order valence-corrected chi connectivity index (χ1v) is 5.44. The summed E-state index contributed by atoms with van der Waals surface area (Å²) in [6.45, 7) is 2.15. The van der Waals surface area contributed by atoms with Crippen molar-refractivity contribution in [1.29, 1.82) is 0 Å². The summed E-state index contributed by atoms with van der Waals surface area (Å²) in [5.41, 5.74) is 1.25. The fourth-order valence-corrected chi connectivity index (χ4v) is 2.17. The van der Waals surface area contributed by atoms with Gasteiger partial charge in [0.15, 0.2) is 0 Å². The largest absolute Gasteiger partial charge is 0.351 e. The third-order valence-electron chi connectivity index (χ3n) is 2.92. The highest BCUT2D eigenvalue weighted by molar-refractivity contribution is 5.32. The van der Waals surface area contributed by atoms with Gasteiger partial charge in [0.1, 0.15) is 0 Å². The van der Waals surface area contributed by atoms with E-state index in [1.165, 1.54) is 5.56 Å². The molecule has 2 atom stereocenters. The van der Waals surface area contributed by atoms with Crippen molar-refractivity contribution in [1.82, 2.24) is 20.2 Å². The van der Waals surface area contributed by atoms with Gasteiger partial charge in [-0.05, 0) is 29.3 Å². The SMILES string of the molecule is C[C@@H]1C[C@H](c2ccccc2)n2nnnc2N1. The van der Waals surface area contributed by atoms with Crippen molar-refractivity contribution in [2.75, 3.05) is 5.32 Å². The van der Waals surface area contributed by atoms with Crippen molar-refractivity contribution in [3.8, 4) is 0 Å². The fourth-order valence-electron chi connectivity index (χ4n) is 2.17. The Morgan fingerprint density at radius 1 is 1.31 bits per heavy atom. The lowest BCUT2D eigenvalue weighted by atomic mass is 9.99. The van der Waals surface area contributed by atoms with Crippen LogP contribution in [0.2, 0.25) is 0 Å². The summed E-state index contributed by atoms with van der Waals surface area (Å²) in [5.74, 6) is 0.757. The standard InChI is InChI=1S/C11H13N5/c1-8-7-10(9-5-3-2-4-6-9)16-11(12-8)13-14-15-16/h2-6,8,10H,7H2,1H3,(H,12,13,15)/t8-,10-/m1/s1. The van der Waals surface area contributed by atoms with Crippen LogP contribution in [0.4, 0.5) is 5.95 Å². The molecule has 1 aromatic carbocycles. The molecule has 1 aliphatic rings. The van der Waals surface area contributed by atoms with E-state index in [0.717, 1.165) is 12.4 Å². The zero-order chi connectivity index (χ0) is 11.0. The molecule has 2 aromatic rings. The van der Waals surface area contributed by atoms with E-state index >= 15 is 0 Å². The third-order valence-corrected chi connectivity index (χ3v) is 2.92. The average Bonchev–Trinajstić information content (AvgIpc) is 2.77. The van der Waals surface area contributed by atoms with Crippen LogP contribution in [0.25, 0.3) is 0 Å². The quantitative estimate of drug-likeness (QED) is 0.782. The van der Waals surface area contributed by atoms with E-state index in [0.29, 0.717) is 6.04 Å². The normalized spacial score (nSPS) is 23.6. The molecule has 0 bridgehead atoms. The summed E-state index contributed by atoms with van der Waals surface area (Å²) in [4.78, 5) is 0. The molecule has 0 aliphatic carbocycles. The molecule has 0 amide bonds. The lowest BCUT2D eigenvalue weighted by Crippen LogP contribution is -2.31. The highest BCUT2D eigenvalue weighted by Gasteiger charge is 2.27. The predicted molar refractivity (Wildman–Crippen MR) is 60.1 cm³/mol. The van der Waals surface area contributed by atoms with Gasteiger partial charge in [-0.25, -0.2) is 4.68 Å². The van der Waals surface area contributed by atoms with E-state index in [-0.39, 0.29) is 6.04 Å². The molecule has 16 heavy (non-hydrogen) atoms. The van der Waals surface area contributed by atoms with Crippen LogP contribution in [-0.4, -0.2) is 26.2 Å². The van der Waals surface area contributed by atoms with E-state index in [1.807, 2.05) is 22.9 Å². The average molecular weight is 215 g/mol. The van der Waals surface area contributed by atoms with Gasteiger partial charge in [0, 0.05) is 6.04 Å². The summed E-state index contributed by atoms with van der Waals surface area (Å²) in [7, 11) is 0. The van der Waals surface area contributed by atoms with Crippen LogP contribution in [-0.2, 0) is 0 Å². The Balaban J connectivity index is 2.04. The van der Waals surface area contributed by atoms with Crippen LogP contribution in [0.15, 0.2) is 30.3 Å². The number of fused-ring (bicyclic) bond motifs is 1. The maximum Gasteiger partial charge on any atom is 0.243 e. The molecule has 0 saturated carbocycles. The molecule has 0 fully saturated rings. The van der Waals surface area contributed by atoms with Crippen molar-refractivity contribution in [2.24, 2.45) is 0 Å². The number of aromatic nitrogens is 4. The Hall–Kier alpha value is -1.91. The minimum Gasteiger partial charge on any atom is -0.351 e. The summed E-state index contributed by atoms with van der Waals surface area (Å²) in [5, 5.41) is 15.0. The molecule has 82 valence electrons. The minimum atomic E-state index is 0.238. The zero-order valence-corrected chi connectivity index (χ0v) is 9.04. The zero-order valence-electron chi connectivity index (χ0n) is 9.04. The van der Waals surface area contributed by atoms with Crippen molar-refractivity contribution in [2.45, 2.75) is 25.4 Å². The van der Waals surface area contributed by atoms with Gasteiger partial charge in [0.2, 0.25) is 5.95 Å². The highest BCUT2D eigenvalue weighted by Crippen LogP contribution is 2.29. The van der Waals surface area contributed by atoms with E-state index in [2.05, 4.69) is 39.9 Å². The second-order valence-corrected chi connectivity index (χ2v) is 4.15. The Kier molecular flexibility index (Phi) is 2.09. The van der Waals surface area contributed by atoms with Gasteiger partial charge < -0.3 is 5.32 Å². The van der Waals surface area contributed by atoms with Crippen molar-refractivity contribution >= 4 is 5.95 Å². The summed E-state index contributed by atoms with van der Waals surface area (Å²) < 4.78 is 1.86. The molecule has 1 aliphatic heterocycles. The smallest absolute Gasteiger partial charge is 0.243 e. The lowest BCUT2D eigenvalue weighted by Gasteiger charge is -2.28. The molecule has 0 radical (unpaired) electrons. The van der Waals surface area contributed by atoms with Crippen LogP contribution in [0.3, 0.4) is 0 Å². The Bertz CT molecular complexity index is 478. The van der Waals surface area contributed by atoms with Gasteiger partial charge in [-0.15, -0.1) is 0 Å². The summed E-state index contributed by atoms with van der Waals surface area (Å²) in [6.07, 6.45) is 1.00. The Morgan fingerprint density at radius 2 is 2.12 bits per heavy atom. The molecule has 0 saturated heterocycles. The maximum absolute atomic E-state index is 4.04. The first-order valence-electron chi connectivity index (χ1n) is 5.44. The first kappa shape index (κ1) is 9.33. The first-order chi connectivity index (χ1) is 7.84. The number of nitrogens with zero attached hydrogens (tertiary/aromatic N) is 4. The maximum atomic E-state index is 4.04.